The lowest BCUT2D eigenvalue weighted by Crippen LogP contribution is -2.04. The molecule has 28 heavy (non-hydrogen) atoms. The second-order valence-corrected chi connectivity index (χ2v) is 7.12. The van der Waals surface area contributed by atoms with Crippen LogP contribution in [-0.2, 0) is 6.42 Å². The summed E-state index contributed by atoms with van der Waals surface area (Å²) in [5.74, 6) is -0.384. The molecule has 0 amide bonds. The van der Waals surface area contributed by atoms with E-state index in [1.54, 1.807) is 12.1 Å². The lowest BCUT2D eigenvalue weighted by molar-refractivity contribution is 0.0690. The molecule has 2 N–H and O–H groups in total. The van der Waals surface area contributed by atoms with E-state index in [2.05, 4.69) is 36.4 Å². The first-order valence-electron chi connectivity index (χ1n) is 8.55. The van der Waals surface area contributed by atoms with Crippen molar-refractivity contribution in [3.8, 4) is 0 Å². The molecule has 4 aromatic rings. The van der Waals surface area contributed by atoms with Gasteiger partial charge >= 0.3 is 5.97 Å². The molecule has 0 fully saturated rings. The lowest BCUT2D eigenvalue weighted by Gasteiger charge is -2.11. The van der Waals surface area contributed by atoms with E-state index in [1.165, 1.54) is 6.20 Å². The molecule has 7 heteroatoms. The van der Waals surface area contributed by atoms with Crippen LogP contribution in [0, 0.1) is 0 Å². The van der Waals surface area contributed by atoms with Gasteiger partial charge in [0.25, 0.3) is 0 Å². The van der Waals surface area contributed by atoms with Crippen molar-refractivity contribution in [1.82, 2.24) is 15.2 Å². The second kappa shape index (κ2) is 7.74. The molecule has 0 aliphatic rings. The third-order valence-corrected chi connectivity index (χ3v) is 4.76. The van der Waals surface area contributed by atoms with E-state index in [1.807, 2.05) is 48.5 Å². The molecule has 0 radical (unpaired) electrons. The number of carbonyl (C=O) groups is 1. The van der Waals surface area contributed by atoms with Crippen molar-refractivity contribution in [1.29, 1.82) is 0 Å². The van der Waals surface area contributed by atoms with Gasteiger partial charge < -0.3 is 10.4 Å². The zero-order chi connectivity index (χ0) is 19.5. The topological polar surface area (TPSA) is 88.0 Å². The summed E-state index contributed by atoms with van der Waals surface area (Å²) in [6, 6.07) is 19.1. The summed E-state index contributed by atoms with van der Waals surface area (Å²) < 4.78 is 0.971. The maximum absolute atomic E-state index is 11.2. The van der Waals surface area contributed by atoms with Crippen molar-refractivity contribution < 1.29 is 9.90 Å². The van der Waals surface area contributed by atoms with Crippen molar-refractivity contribution in [3.63, 3.8) is 0 Å². The minimum atomic E-state index is -1.05. The Morgan fingerprint density at radius 2 is 1.82 bits per heavy atom. The number of pyridine rings is 1. The third-order valence-electron chi connectivity index (χ3n) is 4.27. The summed E-state index contributed by atoms with van der Waals surface area (Å²) in [7, 11) is 0. The van der Waals surface area contributed by atoms with Crippen LogP contribution in [0.4, 0.5) is 11.5 Å². The number of halogens is 1. The van der Waals surface area contributed by atoms with E-state index in [0.717, 1.165) is 32.2 Å². The Bertz CT molecular complexity index is 1180. The highest BCUT2D eigenvalue weighted by Gasteiger charge is 2.12. The number of nitrogens with one attached hydrogen (secondary N) is 1. The molecule has 6 nitrogen and oxygen atoms in total. The fourth-order valence-corrected chi connectivity index (χ4v) is 3.38. The highest BCUT2D eigenvalue weighted by Crippen LogP contribution is 2.27. The fourth-order valence-electron chi connectivity index (χ4n) is 2.98. The first-order valence-corrected chi connectivity index (χ1v) is 9.34. The Balaban J connectivity index is 1.71. The molecule has 0 bridgehead atoms. The van der Waals surface area contributed by atoms with E-state index in [9.17, 15) is 4.79 Å². The summed E-state index contributed by atoms with van der Waals surface area (Å²) >= 11 is 3.47. The summed E-state index contributed by atoms with van der Waals surface area (Å²) in [6.07, 6.45) is 1.96. The van der Waals surface area contributed by atoms with Crippen LogP contribution in [0.1, 0.15) is 21.7 Å². The second-order valence-electron chi connectivity index (χ2n) is 6.21. The van der Waals surface area contributed by atoms with Gasteiger partial charge in [-0.2, -0.15) is 5.10 Å². The van der Waals surface area contributed by atoms with Gasteiger partial charge in [0.2, 0.25) is 0 Å². The number of hydrogen-bond donors (Lipinski definition) is 2. The third kappa shape index (κ3) is 3.84. The predicted molar refractivity (Wildman–Crippen MR) is 111 cm³/mol. The van der Waals surface area contributed by atoms with Crippen LogP contribution in [0.2, 0.25) is 0 Å². The Morgan fingerprint density at radius 3 is 2.61 bits per heavy atom. The van der Waals surface area contributed by atoms with Crippen LogP contribution < -0.4 is 5.32 Å². The molecule has 0 atom stereocenters. The van der Waals surface area contributed by atoms with Crippen LogP contribution >= 0.6 is 15.9 Å². The van der Waals surface area contributed by atoms with E-state index in [-0.39, 0.29) is 5.69 Å². The Hall–Kier alpha value is -3.32. The van der Waals surface area contributed by atoms with Crippen LogP contribution in [-0.4, -0.2) is 26.3 Å². The predicted octanol–water partition coefficient (Wildman–Crippen LogP) is 4.82. The number of fused-ring (bicyclic) bond motifs is 1. The molecule has 0 saturated heterocycles. The van der Waals surface area contributed by atoms with E-state index < -0.39 is 5.97 Å². The van der Waals surface area contributed by atoms with Crippen LogP contribution in [0.15, 0.2) is 71.3 Å². The molecule has 2 aromatic heterocycles. The number of rotatable bonds is 5. The maximum atomic E-state index is 11.2. The SMILES string of the molecule is O=C(O)c1cc(Cc2nnc(Nc3cccc(Br)c3)c3ccccc23)ccn1. The van der Waals surface area contributed by atoms with Gasteiger partial charge in [-0.3, -0.25) is 0 Å². The van der Waals surface area contributed by atoms with Crippen molar-refractivity contribution in [2.45, 2.75) is 6.42 Å². The molecule has 0 aliphatic heterocycles. The molecule has 138 valence electrons. The Labute approximate surface area is 169 Å². The standard InChI is InChI=1S/C21H15BrN4O2/c22-14-4-3-5-15(12-14)24-20-17-7-2-1-6-16(17)18(25-26-20)10-13-8-9-23-19(11-13)21(27)28/h1-9,11-12H,10H2,(H,24,26)(H,27,28). The molecule has 0 aliphatic carbocycles. The zero-order valence-electron chi connectivity index (χ0n) is 14.6. The van der Waals surface area contributed by atoms with Gasteiger partial charge in [-0.05, 0) is 35.9 Å². The van der Waals surface area contributed by atoms with Crippen LogP contribution in [0.5, 0.6) is 0 Å². The molecular weight excluding hydrogens is 420 g/mol. The number of carboxylic acids is 1. The minimum Gasteiger partial charge on any atom is -0.477 e. The quantitative estimate of drug-likeness (QED) is 0.468. The fraction of sp³-hybridized carbons (Fsp3) is 0.0476. The van der Waals surface area contributed by atoms with Gasteiger partial charge in [0, 0.05) is 33.6 Å². The van der Waals surface area contributed by atoms with Crippen molar-refractivity contribution >= 4 is 44.2 Å². The monoisotopic (exact) mass is 434 g/mol. The largest absolute Gasteiger partial charge is 0.477 e. The minimum absolute atomic E-state index is 0.0164. The van der Waals surface area contributed by atoms with Gasteiger partial charge in [0.15, 0.2) is 5.82 Å². The number of aromatic carboxylic acids is 1. The number of nitrogens with zero attached hydrogens (tertiary/aromatic N) is 3. The molecule has 0 spiro atoms. The summed E-state index contributed by atoms with van der Waals surface area (Å²) in [5, 5.41) is 23.1. The van der Waals surface area contributed by atoms with Gasteiger partial charge in [-0.25, -0.2) is 9.78 Å². The Morgan fingerprint density at radius 1 is 1.00 bits per heavy atom. The highest BCUT2D eigenvalue weighted by molar-refractivity contribution is 9.10. The van der Waals surface area contributed by atoms with Gasteiger partial charge in [-0.15, -0.1) is 5.10 Å². The van der Waals surface area contributed by atoms with Crippen LogP contribution in [0.25, 0.3) is 10.8 Å². The zero-order valence-corrected chi connectivity index (χ0v) is 16.2. The normalized spacial score (nSPS) is 10.8. The average molecular weight is 435 g/mol. The number of aromatic nitrogens is 3. The highest BCUT2D eigenvalue weighted by atomic mass is 79.9. The van der Waals surface area contributed by atoms with Crippen molar-refractivity contribution in [2.24, 2.45) is 0 Å². The molecule has 0 saturated carbocycles. The summed E-state index contributed by atoms with van der Waals surface area (Å²) in [5.41, 5.74) is 2.52. The van der Waals surface area contributed by atoms with E-state index in [0.29, 0.717) is 12.2 Å². The van der Waals surface area contributed by atoms with E-state index in [4.69, 9.17) is 5.11 Å². The van der Waals surface area contributed by atoms with E-state index >= 15 is 0 Å². The Kier molecular flexibility index (Phi) is 4.99. The molecule has 2 aromatic carbocycles. The molecule has 4 rings (SSSR count). The average Bonchev–Trinajstić information content (AvgIpc) is 2.70. The van der Waals surface area contributed by atoms with Gasteiger partial charge in [-0.1, -0.05) is 46.3 Å². The van der Waals surface area contributed by atoms with Gasteiger partial charge in [0.05, 0.1) is 5.69 Å². The summed E-state index contributed by atoms with van der Waals surface area (Å²) in [4.78, 5) is 15.0. The first-order chi connectivity index (χ1) is 13.6. The van der Waals surface area contributed by atoms with Crippen molar-refractivity contribution in [3.05, 3.63) is 88.3 Å². The molecule has 0 unspecified atom stereocenters. The molecular formula is C21H15BrN4O2. The number of carboxylic acid groups (broad SMARTS) is 1. The van der Waals surface area contributed by atoms with Crippen molar-refractivity contribution in [2.75, 3.05) is 5.32 Å². The molecule has 2 heterocycles. The smallest absolute Gasteiger partial charge is 0.354 e. The maximum Gasteiger partial charge on any atom is 0.354 e. The first kappa shape index (κ1) is 18.1. The lowest BCUT2D eigenvalue weighted by atomic mass is 10.0. The number of anilines is 2. The number of benzene rings is 2. The van der Waals surface area contributed by atoms with Crippen LogP contribution in [0.3, 0.4) is 0 Å². The van der Waals surface area contributed by atoms with Gasteiger partial charge in [0.1, 0.15) is 5.69 Å². The summed E-state index contributed by atoms with van der Waals surface area (Å²) in [6.45, 7) is 0. The number of hydrogen-bond acceptors (Lipinski definition) is 5.